The second-order valence-electron chi connectivity index (χ2n) is 9.29. The zero-order valence-corrected chi connectivity index (χ0v) is 21.7. The Kier molecular flexibility index (Phi) is 7.72. The summed E-state index contributed by atoms with van der Waals surface area (Å²) in [4.78, 5) is 29.4. The molecule has 0 atom stereocenters. The van der Waals surface area contributed by atoms with Crippen LogP contribution in [0.25, 0.3) is 22.4 Å². The minimum absolute atomic E-state index is 0.210. The van der Waals surface area contributed by atoms with Crippen LogP contribution < -0.4 is 15.4 Å². The monoisotopic (exact) mass is 544 g/mol. The molecule has 0 bridgehead atoms. The number of rotatable bonds is 8. The summed E-state index contributed by atoms with van der Waals surface area (Å²) in [6, 6.07) is 1.64. The third kappa shape index (κ3) is 6.25. The first-order valence-electron chi connectivity index (χ1n) is 12.1. The van der Waals surface area contributed by atoms with Crippen LogP contribution in [-0.2, 0) is 11.8 Å². The van der Waals surface area contributed by atoms with Crippen LogP contribution in [0.5, 0.6) is 5.88 Å². The van der Waals surface area contributed by atoms with E-state index < -0.39 is 29.1 Å². The summed E-state index contributed by atoms with van der Waals surface area (Å²) in [6.45, 7) is 6.60. The summed E-state index contributed by atoms with van der Waals surface area (Å²) >= 11 is 0. The molecule has 0 aliphatic heterocycles. The lowest BCUT2D eigenvalue weighted by Crippen LogP contribution is -2.25. The number of aryl methyl sites for hydroxylation is 1. The Labute approximate surface area is 221 Å². The maximum atomic E-state index is 13.5. The number of anilines is 2. The molecule has 0 unspecified atom stereocenters. The normalized spacial score (nSPS) is 12.0. The van der Waals surface area contributed by atoms with Gasteiger partial charge in [-0.25, -0.2) is 19.7 Å². The number of aromatic nitrogens is 4. The Bertz CT molecular complexity index is 1500. The number of pyridine rings is 2. The van der Waals surface area contributed by atoms with Crippen molar-refractivity contribution in [3.05, 3.63) is 53.9 Å². The van der Waals surface area contributed by atoms with Crippen molar-refractivity contribution in [3.63, 3.8) is 0 Å². The van der Waals surface area contributed by atoms with E-state index in [9.17, 15) is 23.1 Å². The largest absolute Gasteiger partial charge is 0.475 e. The smallest absolute Gasteiger partial charge is 0.418 e. The van der Waals surface area contributed by atoms with Crippen molar-refractivity contribution in [1.82, 2.24) is 19.9 Å². The molecule has 0 aliphatic rings. The average Bonchev–Trinajstić information content (AvgIpc) is 3.35. The van der Waals surface area contributed by atoms with E-state index in [0.29, 0.717) is 46.6 Å². The van der Waals surface area contributed by atoms with Crippen molar-refractivity contribution in [2.24, 2.45) is 0 Å². The van der Waals surface area contributed by atoms with E-state index in [4.69, 9.17) is 9.15 Å². The highest BCUT2D eigenvalue weighted by atomic mass is 19.4. The van der Waals surface area contributed by atoms with Crippen LogP contribution in [0.4, 0.5) is 29.3 Å². The van der Waals surface area contributed by atoms with Crippen molar-refractivity contribution >= 4 is 28.4 Å². The quantitative estimate of drug-likeness (QED) is 0.228. The van der Waals surface area contributed by atoms with Gasteiger partial charge in [0.15, 0.2) is 11.4 Å². The number of halogens is 3. The van der Waals surface area contributed by atoms with Gasteiger partial charge >= 0.3 is 12.2 Å². The molecule has 2 amide bonds. The maximum Gasteiger partial charge on any atom is 0.418 e. The number of aliphatic hydroxyl groups is 1. The van der Waals surface area contributed by atoms with Gasteiger partial charge in [0.2, 0.25) is 0 Å². The van der Waals surface area contributed by atoms with Gasteiger partial charge in [0.25, 0.3) is 5.88 Å². The molecule has 206 valence electrons. The fourth-order valence-corrected chi connectivity index (χ4v) is 3.77. The molecule has 0 saturated heterocycles. The number of carbonyl (C=O) groups excluding carboxylic acids is 1. The Morgan fingerprint density at radius 3 is 2.56 bits per heavy atom. The molecule has 4 heterocycles. The number of nitrogens with zero attached hydrogens (tertiary/aromatic N) is 4. The van der Waals surface area contributed by atoms with Crippen LogP contribution in [-0.4, -0.2) is 37.7 Å². The molecule has 4 aromatic heterocycles. The van der Waals surface area contributed by atoms with Crippen molar-refractivity contribution in [2.75, 3.05) is 17.2 Å². The lowest BCUT2D eigenvalue weighted by atomic mass is 9.98. The molecular formula is C26H27F3N6O4. The summed E-state index contributed by atoms with van der Waals surface area (Å²) < 4.78 is 51.9. The number of urea groups is 1. The Balaban J connectivity index is 1.52. The third-order valence-corrected chi connectivity index (χ3v) is 5.70. The van der Waals surface area contributed by atoms with Crippen LogP contribution in [0.2, 0.25) is 0 Å². The predicted octanol–water partition coefficient (Wildman–Crippen LogP) is 6.06. The summed E-state index contributed by atoms with van der Waals surface area (Å²) in [5, 5.41) is 15.6. The third-order valence-electron chi connectivity index (χ3n) is 5.70. The van der Waals surface area contributed by atoms with E-state index in [1.165, 1.54) is 26.3 Å². The number of amides is 2. The maximum absolute atomic E-state index is 13.5. The van der Waals surface area contributed by atoms with Gasteiger partial charge in [-0.2, -0.15) is 13.2 Å². The number of furan rings is 1. The van der Waals surface area contributed by atoms with Crippen LogP contribution >= 0.6 is 0 Å². The zero-order chi connectivity index (χ0) is 28.4. The van der Waals surface area contributed by atoms with Crippen LogP contribution in [0.3, 0.4) is 0 Å². The highest BCUT2D eigenvalue weighted by molar-refractivity contribution is 6.00. The van der Waals surface area contributed by atoms with Gasteiger partial charge in [0.05, 0.1) is 53.6 Å². The van der Waals surface area contributed by atoms with Gasteiger partial charge in [-0.05, 0) is 39.3 Å². The summed E-state index contributed by atoms with van der Waals surface area (Å²) in [5.74, 6) is 0.705. The standard InChI is InChI=1S/C26H27F3N6O4/c1-5-6-8-39-23-20-16(7-9-38-20)17(12-32-23)22-31-13-19(14(2)33-22)35-24(36)34-15-10-18(26(27,28)29)21(30-11-15)25(3,4)37/h7,9-13,37H,5-6,8H2,1-4H3,(H2,34,35,36). The number of alkyl halides is 3. The average molecular weight is 545 g/mol. The molecule has 4 aromatic rings. The van der Waals surface area contributed by atoms with Crippen molar-refractivity contribution in [2.45, 2.75) is 52.3 Å². The second kappa shape index (κ2) is 10.8. The van der Waals surface area contributed by atoms with E-state index in [1.54, 1.807) is 19.2 Å². The highest BCUT2D eigenvalue weighted by Crippen LogP contribution is 2.37. The zero-order valence-electron chi connectivity index (χ0n) is 21.7. The Morgan fingerprint density at radius 2 is 1.90 bits per heavy atom. The Hall–Kier alpha value is -4.26. The molecule has 13 heteroatoms. The molecule has 0 aromatic carbocycles. The number of carbonyl (C=O) groups is 1. The highest BCUT2D eigenvalue weighted by Gasteiger charge is 2.38. The summed E-state index contributed by atoms with van der Waals surface area (Å²) in [6.07, 6.45) is 2.58. The predicted molar refractivity (Wildman–Crippen MR) is 137 cm³/mol. The molecule has 0 radical (unpaired) electrons. The first kappa shape index (κ1) is 27.8. The van der Waals surface area contributed by atoms with E-state index in [2.05, 4.69) is 37.5 Å². The van der Waals surface area contributed by atoms with E-state index >= 15 is 0 Å². The molecule has 0 fully saturated rings. The van der Waals surface area contributed by atoms with Crippen molar-refractivity contribution in [3.8, 4) is 17.3 Å². The van der Waals surface area contributed by atoms with Gasteiger partial charge in [0, 0.05) is 17.1 Å². The number of unbranched alkanes of at least 4 members (excludes halogenated alkanes) is 1. The lowest BCUT2D eigenvalue weighted by Gasteiger charge is -2.22. The van der Waals surface area contributed by atoms with E-state index in [-0.39, 0.29) is 11.4 Å². The molecule has 3 N–H and O–H groups in total. The molecule has 10 nitrogen and oxygen atoms in total. The van der Waals surface area contributed by atoms with Crippen molar-refractivity contribution in [1.29, 1.82) is 0 Å². The molecule has 0 spiro atoms. The van der Waals surface area contributed by atoms with Gasteiger partial charge in [-0.15, -0.1) is 0 Å². The number of fused-ring (bicyclic) bond motifs is 1. The number of hydrogen-bond acceptors (Lipinski definition) is 8. The topological polar surface area (TPSA) is 135 Å². The molecule has 0 aliphatic carbocycles. The first-order chi connectivity index (χ1) is 18.4. The van der Waals surface area contributed by atoms with Crippen LogP contribution in [0.15, 0.2) is 41.4 Å². The second-order valence-corrected chi connectivity index (χ2v) is 9.29. The molecule has 39 heavy (non-hydrogen) atoms. The number of ether oxygens (including phenoxy) is 1. The minimum Gasteiger partial charge on any atom is -0.475 e. The number of hydrogen-bond donors (Lipinski definition) is 3. The van der Waals surface area contributed by atoms with Crippen LogP contribution in [0.1, 0.15) is 50.6 Å². The van der Waals surface area contributed by atoms with Crippen LogP contribution in [0, 0.1) is 6.92 Å². The van der Waals surface area contributed by atoms with Gasteiger partial charge in [-0.3, -0.25) is 4.98 Å². The van der Waals surface area contributed by atoms with Crippen molar-refractivity contribution < 1.29 is 32.2 Å². The molecule has 0 saturated carbocycles. The SMILES string of the molecule is CCCCOc1ncc(-c2ncc(NC(=O)Nc3cnc(C(C)(C)O)c(C(F)(F)F)c3)c(C)n2)c2ccoc12. The first-order valence-corrected chi connectivity index (χ1v) is 12.1. The fourth-order valence-electron chi connectivity index (χ4n) is 3.77. The summed E-state index contributed by atoms with van der Waals surface area (Å²) in [7, 11) is 0. The Morgan fingerprint density at radius 1 is 1.13 bits per heavy atom. The van der Waals surface area contributed by atoms with Gasteiger partial charge in [-0.1, -0.05) is 13.3 Å². The fraction of sp³-hybridized carbons (Fsp3) is 0.346. The minimum atomic E-state index is -4.79. The van der Waals surface area contributed by atoms with Gasteiger partial charge in [0.1, 0.15) is 5.60 Å². The van der Waals surface area contributed by atoms with E-state index in [1.807, 2.05) is 0 Å². The van der Waals surface area contributed by atoms with Gasteiger partial charge < -0.3 is 24.9 Å². The number of nitrogens with one attached hydrogen (secondary N) is 2. The summed E-state index contributed by atoms with van der Waals surface area (Å²) in [5.41, 5.74) is -2.04. The molecular weight excluding hydrogens is 517 g/mol. The lowest BCUT2D eigenvalue weighted by molar-refractivity contribution is -0.140. The van der Waals surface area contributed by atoms with E-state index in [0.717, 1.165) is 19.0 Å². The molecule has 4 rings (SSSR count).